The van der Waals surface area contributed by atoms with Crippen molar-refractivity contribution in [2.75, 3.05) is 0 Å². The largest absolute Gasteiger partial charge is 0.317 e. The van der Waals surface area contributed by atoms with E-state index < -0.39 is 17.6 Å². The van der Waals surface area contributed by atoms with E-state index in [4.69, 9.17) is 29.0 Å². The van der Waals surface area contributed by atoms with Crippen LogP contribution >= 0.6 is 23.2 Å². The number of aromatic nitrogens is 2. The molecule has 1 aromatic heterocycles. The van der Waals surface area contributed by atoms with E-state index in [0.717, 1.165) is 5.69 Å². The van der Waals surface area contributed by atoms with Crippen molar-refractivity contribution in [1.82, 2.24) is 20.5 Å². The molecule has 0 unspecified atom stereocenters. The molecule has 0 aliphatic rings. The van der Waals surface area contributed by atoms with E-state index in [-0.39, 0.29) is 16.3 Å². The summed E-state index contributed by atoms with van der Waals surface area (Å²) in [6.07, 6.45) is 3.11. The Hall–Kier alpha value is -3.98. The van der Waals surface area contributed by atoms with Crippen LogP contribution in [0.5, 0.6) is 0 Å². The maximum absolute atomic E-state index is 13.5. The maximum Gasteiger partial charge on any atom is 0.281 e. The molecule has 3 aromatic carbocycles. The number of amides is 2. The van der Waals surface area contributed by atoms with Gasteiger partial charge in [0.15, 0.2) is 0 Å². The van der Waals surface area contributed by atoms with Crippen LogP contribution < -0.4 is 16.6 Å². The highest BCUT2D eigenvalue weighted by Gasteiger charge is 2.19. The SMILES string of the molecule is NNC(=O)/C(=C/c1cn(-c2ccccc2)nc1-c1ccc(F)cc1)NC(=O)c1ccc(Cl)cc1Cl. The quantitative estimate of drug-likeness (QED) is 0.151. The molecule has 0 atom stereocenters. The average Bonchev–Trinajstić information content (AvgIpc) is 3.28. The van der Waals surface area contributed by atoms with Crippen LogP contribution in [0.1, 0.15) is 15.9 Å². The Morgan fingerprint density at radius 2 is 1.71 bits per heavy atom. The van der Waals surface area contributed by atoms with Crippen LogP contribution in [0, 0.1) is 5.82 Å². The van der Waals surface area contributed by atoms with Gasteiger partial charge in [0.25, 0.3) is 11.8 Å². The van der Waals surface area contributed by atoms with Crippen LogP contribution in [0.15, 0.2) is 84.7 Å². The average molecular weight is 510 g/mol. The number of hydrogen-bond donors (Lipinski definition) is 3. The Kier molecular flexibility index (Phi) is 7.26. The van der Waals surface area contributed by atoms with Crippen molar-refractivity contribution in [2.24, 2.45) is 5.84 Å². The summed E-state index contributed by atoms with van der Waals surface area (Å²) in [4.78, 5) is 25.4. The minimum atomic E-state index is -0.749. The minimum absolute atomic E-state index is 0.116. The highest BCUT2D eigenvalue weighted by molar-refractivity contribution is 6.36. The van der Waals surface area contributed by atoms with Gasteiger partial charge >= 0.3 is 0 Å². The molecule has 0 saturated carbocycles. The second-order valence-electron chi connectivity index (χ2n) is 7.33. The molecular weight excluding hydrogens is 492 g/mol. The first-order valence-corrected chi connectivity index (χ1v) is 11.0. The molecule has 0 fully saturated rings. The third-order valence-electron chi connectivity index (χ3n) is 4.98. The number of carbonyl (C=O) groups is 2. The third kappa shape index (κ3) is 5.58. The zero-order valence-electron chi connectivity index (χ0n) is 18.0. The number of para-hydroxylation sites is 1. The lowest BCUT2D eigenvalue weighted by Crippen LogP contribution is -2.38. The summed E-state index contributed by atoms with van der Waals surface area (Å²) in [6.45, 7) is 0. The van der Waals surface area contributed by atoms with Gasteiger partial charge in [0.2, 0.25) is 0 Å². The molecule has 35 heavy (non-hydrogen) atoms. The number of halogens is 3. The van der Waals surface area contributed by atoms with Gasteiger partial charge in [-0.05, 0) is 60.7 Å². The highest BCUT2D eigenvalue weighted by Crippen LogP contribution is 2.26. The summed E-state index contributed by atoms with van der Waals surface area (Å²) >= 11 is 12.0. The number of hydrogen-bond acceptors (Lipinski definition) is 4. The molecule has 0 saturated heterocycles. The van der Waals surface area contributed by atoms with Gasteiger partial charge in [-0.25, -0.2) is 14.9 Å². The normalized spacial score (nSPS) is 11.3. The van der Waals surface area contributed by atoms with E-state index in [0.29, 0.717) is 21.8 Å². The molecule has 7 nitrogen and oxygen atoms in total. The summed E-state index contributed by atoms with van der Waals surface area (Å²) in [6, 6.07) is 19.4. The van der Waals surface area contributed by atoms with Gasteiger partial charge in [-0.15, -0.1) is 0 Å². The summed E-state index contributed by atoms with van der Waals surface area (Å²) in [5, 5.41) is 7.63. The molecule has 10 heteroatoms. The maximum atomic E-state index is 13.5. The Morgan fingerprint density at radius 3 is 2.37 bits per heavy atom. The van der Waals surface area contributed by atoms with Crippen molar-refractivity contribution in [3.8, 4) is 16.9 Å². The predicted octanol–water partition coefficient (Wildman–Crippen LogP) is 4.75. The fourth-order valence-corrected chi connectivity index (χ4v) is 3.79. The lowest BCUT2D eigenvalue weighted by atomic mass is 10.1. The number of hydrazine groups is 1. The lowest BCUT2D eigenvalue weighted by molar-refractivity contribution is -0.117. The molecule has 4 rings (SSSR count). The van der Waals surface area contributed by atoms with E-state index in [9.17, 15) is 14.0 Å². The molecule has 1 heterocycles. The zero-order chi connectivity index (χ0) is 24.9. The molecule has 4 N–H and O–H groups in total. The molecule has 4 aromatic rings. The monoisotopic (exact) mass is 509 g/mol. The zero-order valence-corrected chi connectivity index (χ0v) is 19.5. The Balaban J connectivity index is 1.79. The first-order chi connectivity index (χ1) is 16.9. The number of nitrogens with two attached hydrogens (primary N) is 1. The van der Waals surface area contributed by atoms with Crippen molar-refractivity contribution < 1.29 is 14.0 Å². The first kappa shape index (κ1) is 24.2. The van der Waals surface area contributed by atoms with Crippen LogP contribution in [0.4, 0.5) is 4.39 Å². The second kappa shape index (κ2) is 10.5. The van der Waals surface area contributed by atoms with Crippen LogP contribution in [0.2, 0.25) is 10.0 Å². The van der Waals surface area contributed by atoms with Crippen LogP contribution in [0.3, 0.4) is 0 Å². The second-order valence-corrected chi connectivity index (χ2v) is 8.17. The molecule has 0 bridgehead atoms. The number of rotatable bonds is 6. The fourth-order valence-electron chi connectivity index (χ4n) is 3.29. The summed E-state index contributed by atoms with van der Waals surface area (Å²) in [7, 11) is 0. The standard InChI is InChI=1S/C25H18Cl2FN5O2/c26-17-8-11-20(21(27)13-17)24(34)30-22(25(35)31-29)12-16-14-33(19-4-2-1-3-5-19)32-23(16)15-6-9-18(28)10-7-15/h1-14H,29H2,(H,30,34)(H,31,35)/b22-12-. The van der Waals surface area contributed by atoms with Gasteiger partial charge < -0.3 is 5.32 Å². The smallest absolute Gasteiger partial charge is 0.281 e. The van der Waals surface area contributed by atoms with E-state index in [1.165, 1.54) is 36.4 Å². The summed E-state index contributed by atoms with van der Waals surface area (Å²) < 4.78 is 15.1. The molecule has 176 valence electrons. The molecule has 0 spiro atoms. The van der Waals surface area contributed by atoms with Crippen molar-refractivity contribution in [2.45, 2.75) is 0 Å². The number of nitrogens with zero attached hydrogens (tertiary/aromatic N) is 2. The van der Waals surface area contributed by atoms with Gasteiger partial charge in [0, 0.05) is 22.3 Å². The van der Waals surface area contributed by atoms with Crippen molar-refractivity contribution in [3.63, 3.8) is 0 Å². The number of benzene rings is 3. The topological polar surface area (TPSA) is 102 Å². The fraction of sp³-hybridized carbons (Fsp3) is 0. The van der Waals surface area contributed by atoms with E-state index in [1.54, 1.807) is 23.0 Å². The molecule has 0 aliphatic carbocycles. The van der Waals surface area contributed by atoms with Gasteiger partial charge in [-0.3, -0.25) is 15.0 Å². The molecule has 2 amide bonds. The molecular formula is C25H18Cl2FN5O2. The third-order valence-corrected chi connectivity index (χ3v) is 5.53. The van der Waals surface area contributed by atoms with Gasteiger partial charge in [0.1, 0.15) is 17.2 Å². The first-order valence-electron chi connectivity index (χ1n) is 10.3. The van der Waals surface area contributed by atoms with Crippen molar-refractivity contribution in [3.05, 3.63) is 112 Å². The lowest BCUT2D eigenvalue weighted by Gasteiger charge is -2.10. The van der Waals surface area contributed by atoms with Crippen LogP contribution in [-0.2, 0) is 4.79 Å². The minimum Gasteiger partial charge on any atom is -0.317 e. The summed E-state index contributed by atoms with van der Waals surface area (Å²) in [5.74, 6) is 3.57. The summed E-state index contributed by atoms with van der Waals surface area (Å²) in [5.41, 5.74) is 4.27. The van der Waals surface area contributed by atoms with Crippen LogP contribution in [0.25, 0.3) is 23.0 Å². The van der Waals surface area contributed by atoms with Crippen molar-refractivity contribution in [1.29, 1.82) is 0 Å². The number of nitrogens with one attached hydrogen (secondary N) is 2. The predicted molar refractivity (Wildman–Crippen MR) is 133 cm³/mol. The number of carbonyl (C=O) groups excluding carboxylic acids is 2. The van der Waals surface area contributed by atoms with Gasteiger partial charge in [-0.2, -0.15) is 5.10 Å². The van der Waals surface area contributed by atoms with E-state index in [1.807, 2.05) is 35.8 Å². The van der Waals surface area contributed by atoms with Gasteiger partial charge in [-0.1, -0.05) is 41.4 Å². The van der Waals surface area contributed by atoms with Crippen molar-refractivity contribution >= 4 is 41.1 Å². The Bertz CT molecular complexity index is 1420. The molecule has 0 aliphatic heterocycles. The Morgan fingerprint density at radius 1 is 1.00 bits per heavy atom. The highest BCUT2D eigenvalue weighted by atomic mass is 35.5. The van der Waals surface area contributed by atoms with Crippen LogP contribution in [-0.4, -0.2) is 21.6 Å². The van der Waals surface area contributed by atoms with Gasteiger partial charge in [0.05, 0.1) is 16.3 Å². The molecule has 0 radical (unpaired) electrons. The van der Waals surface area contributed by atoms with E-state index >= 15 is 0 Å². The van der Waals surface area contributed by atoms with E-state index in [2.05, 4.69) is 10.4 Å². The Labute approximate surface area is 209 Å².